The van der Waals surface area contributed by atoms with Crippen molar-refractivity contribution in [3.63, 3.8) is 0 Å². The Kier molecular flexibility index (Phi) is 5.15. The highest BCUT2D eigenvalue weighted by Crippen LogP contribution is 2.27. The number of amides is 1. The number of carbonyl (C=O) groups excluding carboxylic acids is 1. The minimum absolute atomic E-state index is 0.104. The van der Waals surface area contributed by atoms with E-state index in [-0.39, 0.29) is 11.2 Å². The number of rotatable bonds is 6. The summed E-state index contributed by atoms with van der Waals surface area (Å²) < 4.78 is 0. The second kappa shape index (κ2) is 7.49. The lowest BCUT2D eigenvalue weighted by atomic mass is 10.3. The van der Waals surface area contributed by atoms with Crippen LogP contribution in [0.4, 0.5) is 0 Å². The lowest BCUT2D eigenvalue weighted by molar-refractivity contribution is -0.127. The van der Waals surface area contributed by atoms with Gasteiger partial charge in [-0.1, -0.05) is 18.2 Å². The zero-order valence-electron chi connectivity index (χ0n) is 13.8. The molecule has 1 amide bonds. The van der Waals surface area contributed by atoms with Crippen LogP contribution in [-0.4, -0.2) is 38.6 Å². The summed E-state index contributed by atoms with van der Waals surface area (Å²) in [7, 11) is 1.82. The van der Waals surface area contributed by atoms with E-state index in [0.29, 0.717) is 12.3 Å². The van der Waals surface area contributed by atoms with Crippen LogP contribution in [0.2, 0.25) is 0 Å². The van der Waals surface area contributed by atoms with Crippen molar-refractivity contribution >= 4 is 28.7 Å². The van der Waals surface area contributed by atoms with Crippen molar-refractivity contribution < 1.29 is 4.79 Å². The molecule has 24 heavy (non-hydrogen) atoms. The molecule has 0 saturated carbocycles. The fourth-order valence-corrected chi connectivity index (χ4v) is 3.29. The first-order valence-electron chi connectivity index (χ1n) is 7.82. The Morgan fingerprint density at radius 1 is 1.29 bits per heavy atom. The number of benzene rings is 1. The third-order valence-corrected chi connectivity index (χ3v) is 4.95. The molecule has 0 aliphatic heterocycles. The third kappa shape index (κ3) is 3.94. The van der Waals surface area contributed by atoms with Gasteiger partial charge in [-0.3, -0.25) is 9.78 Å². The average molecular weight is 340 g/mol. The standard InChI is InChI=1S/C18H20N4OS/c1-13(18-20-15-7-3-4-8-16(15)21-18)24-12-17(23)22(2)11-14-6-5-9-19-10-14/h3-10,13H,11-12H2,1-2H3,(H,20,21). The summed E-state index contributed by atoms with van der Waals surface area (Å²) >= 11 is 1.59. The first-order chi connectivity index (χ1) is 11.6. The van der Waals surface area contributed by atoms with E-state index in [4.69, 9.17) is 0 Å². The zero-order chi connectivity index (χ0) is 16.9. The second-order valence-corrected chi connectivity index (χ2v) is 7.03. The number of fused-ring (bicyclic) bond motifs is 1. The van der Waals surface area contributed by atoms with Gasteiger partial charge in [0, 0.05) is 26.0 Å². The summed E-state index contributed by atoms with van der Waals surface area (Å²) in [5.74, 6) is 1.44. The Balaban J connectivity index is 1.55. The molecule has 0 aliphatic rings. The van der Waals surface area contributed by atoms with Gasteiger partial charge in [-0.05, 0) is 30.7 Å². The van der Waals surface area contributed by atoms with E-state index < -0.39 is 0 Å². The number of imidazole rings is 1. The molecular weight excluding hydrogens is 320 g/mol. The van der Waals surface area contributed by atoms with E-state index >= 15 is 0 Å². The Morgan fingerprint density at radius 3 is 2.88 bits per heavy atom. The van der Waals surface area contributed by atoms with E-state index in [9.17, 15) is 4.79 Å². The molecule has 2 heterocycles. The molecular formula is C18H20N4OS. The summed E-state index contributed by atoms with van der Waals surface area (Å²) in [5.41, 5.74) is 3.02. The van der Waals surface area contributed by atoms with Crippen LogP contribution in [0.15, 0.2) is 48.8 Å². The summed E-state index contributed by atoms with van der Waals surface area (Å²) in [6.07, 6.45) is 3.52. The number of pyridine rings is 1. The van der Waals surface area contributed by atoms with Gasteiger partial charge in [0.1, 0.15) is 5.82 Å². The summed E-state index contributed by atoms with van der Waals surface area (Å²) in [5, 5.41) is 0.133. The smallest absolute Gasteiger partial charge is 0.232 e. The molecule has 0 fully saturated rings. The van der Waals surface area contributed by atoms with Crippen LogP contribution in [0.5, 0.6) is 0 Å². The van der Waals surface area contributed by atoms with E-state index in [1.807, 2.05) is 43.4 Å². The van der Waals surface area contributed by atoms with Gasteiger partial charge in [-0.25, -0.2) is 4.98 Å². The predicted molar refractivity (Wildman–Crippen MR) is 97.7 cm³/mol. The lowest BCUT2D eigenvalue weighted by Crippen LogP contribution is -2.28. The molecule has 0 bridgehead atoms. The van der Waals surface area contributed by atoms with Crippen LogP contribution in [0.1, 0.15) is 23.6 Å². The fraction of sp³-hybridized carbons (Fsp3) is 0.278. The minimum Gasteiger partial charge on any atom is -0.341 e. The Morgan fingerprint density at radius 2 is 2.12 bits per heavy atom. The van der Waals surface area contributed by atoms with E-state index in [1.165, 1.54) is 0 Å². The number of nitrogens with zero attached hydrogens (tertiary/aromatic N) is 3. The molecule has 0 radical (unpaired) electrons. The van der Waals surface area contributed by atoms with E-state index in [1.54, 1.807) is 29.1 Å². The van der Waals surface area contributed by atoms with Crippen molar-refractivity contribution in [2.45, 2.75) is 18.7 Å². The Hall–Kier alpha value is -2.34. The van der Waals surface area contributed by atoms with Crippen molar-refractivity contribution in [2.24, 2.45) is 0 Å². The van der Waals surface area contributed by atoms with Gasteiger partial charge >= 0.3 is 0 Å². The van der Waals surface area contributed by atoms with E-state index in [2.05, 4.69) is 21.9 Å². The quantitative estimate of drug-likeness (QED) is 0.747. The zero-order valence-corrected chi connectivity index (χ0v) is 14.6. The number of thioether (sulfide) groups is 1. The van der Waals surface area contributed by atoms with Crippen LogP contribution in [-0.2, 0) is 11.3 Å². The number of hydrogen-bond acceptors (Lipinski definition) is 4. The predicted octanol–water partition coefficient (Wildman–Crippen LogP) is 3.41. The average Bonchev–Trinajstić information content (AvgIpc) is 3.04. The van der Waals surface area contributed by atoms with Crippen LogP contribution in [0.25, 0.3) is 11.0 Å². The third-order valence-electron chi connectivity index (χ3n) is 3.82. The largest absolute Gasteiger partial charge is 0.341 e. The molecule has 1 unspecified atom stereocenters. The number of carbonyl (C=O) groups is 1. The van der Waals surface area contributed by atoms with E-state index in [0.717, 1.165) is 22.4 Å². The van der Waals surface area contributed by atoms with Gasteiger partial charge in [0.2, 0.25) is 5.91 Å². The molecule has 6 heteroatoms. The Bertz CT molecular complexity index is 785. The number of H-pyrrole nitrogens is 1. The summed E-state index contributed by atoms with van der Waals surface area (Å²) in [4.78, 5) is 26.0. The number of hydrogen-bond donors (Lipinski definition) is 1. The molecule has 1 atom stereocenters. The van der Waals surface area contributed by atoms with Crippen LogP contribution in [0, 0.1) is 0 Å². The SMILES string of the molecule is CC(SCC(=O)N(C)Cc1cccnc1)c1nc2ccccc2[nH]1. The van der Waals surface area contributed by atoms with Gasteiger partial charge in [-0.2, -0.15) is 0 Å². The number of nitrogens with one attached hydrogen (secondary N) is 1. The van der Waals surface area contributed by atoms with Gasteiger partial charge in [0.25, 0.3) is 0 Å². The summed E-state index contributed by atoms with van der Waals surface area (Å²) in [6.45, 7) is 2.64. The minimum atomic E-state index is 0.104. The number of aromatic nitrogens is 3. The maximum absolute atomic E-state index is 12.3. The monoisotopic (exact) mass is 340 g/mol. The first-order valence-corrected chi connectivity index (χ1v) is 8.87. The highest BCUT2D eigenvalue weighted by atomic mass is 32.2. The molecule has 2 aromatic heterocycles. The van der Waals surface area contributed by atoms with Gasteiger partial charge in [-0.15, -0.1) is 11.8 Å². The molecule has 0 saturated heterocycles. The van der Waals surface area contributed by atoms with Gasteiger partial charge in [0.15, 0.2) is 0 Å². The topological polar surface area (TPSA) is 61.9 Å². The lowest BCUT2D eigenvalue weighted by Gasteiger charge is -2.17. The van der Waals surface area contributed by atoms with Crippen molar-refractivity contribution in [2.75, 3.05) is 12.8 Å². The molecule has 3 rings (SSSR count). The molecule has 1 N–H and O–H groups in total. The van der Waals surface area contributed by atoms with Crippen molar-refractivity contribution in [3.05, 3.63) is 60.2 Å². The van der Waals surface area contributed by atoms with Crippen molar-refractivity contribution in [1.82, 2.24) is 19.9 Å². The Labute approximate surface area is 145 Å². The van der Waals surface area contributed by atoms with Crippen molar-refractivity contribution in [3.8, 4) is 0 Å². The van der Waals surface area contributed by atoms with Crippen LogP contribution >= 0.6 is 11.8 Å². The first kappa shape index (κ1) is 16.5. The number of para-hydroxylation sites is 2. The maximum Gasteiger partial charge on any atom is 0.232 e. The van der Waals surface area contributed by atoms with Crippen LogP contribution < -0.4 is 0 Å². The van der Waals surface area contributed by atoms with Gasteiger partial charge in [0.05, 0.1) is 22.0 Å². The number of aromatic amines is 1. The van der Waals surface area contributed by atoms with Crippen LogP contribution in [0.3, 0.4) is 0 Å². The molecule has 3 aromatic rings. The molecule has 124 valence electrons. The molecule has 5 nitrogen and oxygen atoms in total. The fourth-order valence-electron chi connectivity index (χ4n) is 2.40. The normalized spacial score (nSPS) is 12.2. The maximum atomic E-state index is 12.3. The highest BCUT2D eigenvalue weighted by molar-refractivity contribution is 8.00. The highest BCUT2D eigenvalue weighted by Gasteiger charge is 2.15. The molecule has 1 aromatic carbocycles. The second-order valence-electron chi connectivity index (χ2n) is 5.70. The van der Waals surface area contributed by atoms with Crippen molar-refractivity contribution in [1.29, 1.82) is 0 Å². The molecule has 0 aliphatic carbocycles. The van der Waals surface area contributed by atoms with Gasteiger partial charge < -0.3 is 9.88 Å². The summed E-state index contributed by atoms with van der Waals surface area (Å²) in [6, 6.07) is 11.8. The molecule has 0 spiro atoms.